The molecule has 0 aliphatic heterocycles. The largest absolute Gasteiger partial charge is 0.287 e. The lowest BCUT2D eigenvalue weighted by Crippen LogP contribution is -1.93. The molecule has 2 aromatic heterocycles. The minimum absolute atomic E-state index is 0.0394. The lowest BCUT2D eigenvalue weighted by atomic mass is 10.3. The Morgan fingerprint density at radius 1 is 1.36 bits per heavy atom. The van der Waals surface area contributed by atoms with Crippen LogP contribution in [0, 0.1) is 0 Å². The van der Waals surface area contributed by atoms with E-state index in [9.17, 15) is 4.79 Å². The molecule has 0 radical (unpaired) electrons. The van der Waals surface area contributed by atoms with Crippen molar-refractivity contribution < 1.29 is 4.79 Å². The lowest BCUT2D eigenvalue weighted by Gasteiger charge is -1.90. The topological polar surface area (TPSA) is 17.1 Å². The predicted molar refractivity (Wildman–Crippen MR) is 64.8 cm³/mol. The molecule has 72 valence electrons. The zero-order chi connectivity index (χ0) is 10.1. The van der Waals surface area contributed by atoms with E-state index < -0.39 is 0 Å². The van der Waals surface area contributed by atoms with Gasteiger partial charge in [-0.2, -0.15) is 0 Å². The average molecular weight is 308 g/mol. The van der Waals surface area contributed by atoms with Gasteiger partial charge in [-0.1, -0.05) is 11.6 Å². The molecule has 0 amide bonds. The van der Waals surface area contributed by atoms with E-state index in [2.05, 4.69) is 15.9 Å². The molecular formula is C9H4BrClOS2. The monoisotopic (exact) mass is 306 g/mol. The van der Waals surface area contributed by atoms with Gasteiger partial charge in [-0.05, 0) is 34.1 Å². The van der Waals surface area contributed by atoms with E-state index in [1.165, 1.54) is 22.7 Å². The fourth-order valence-electron chi connectivity index (χ4n) is 0.990. The van der Waals surface area contributed by atoms with Crippen molar-refractivity contribution in [2.45, 2.75) is 0 Å². The highest BCUT2D eigenvalue weighted by Gasteiger charge is 2.13. The minimum Gasteiger partial charge on any atom is -0.287 e. The van der Waals surface area contributed by atoms with Gasteiger partial charge in [0, 0.05) is 9.85 Å². The van der Waals surface area contributed by atoms with Gasteiger partial charge in [0.1, 0.15) is 0 Å². The summed E-state index contributed by atoms with van der Waals surface area (Å²) in [5.74, 6) is 0.0394. The normalized spacial score (nSPS) is 10.4. The number of carbonyl (C=O) groups excluding carboxylic acids is 1. The van der Waals surface area contributed by atoms with Gasteiger partial charge in [0.05, 0.1) is 14.1 Å². The second kappa shape index (κ2) is 4.14. The molecule has 0 spiro atoms. The van der Waals surface area contributed by atoms with Gasteiger partial charge in [-0.15, -0.1) is 22.7 Å². The van der Waals surface area contributed by atoms with E-state index in [1.807, 2.05) is 11.4 Å². The quantitative estimate of drug-likeness (QED) is 0.749. The van der Waals surface area contributed by atoms with Gasteiger partial charge in [-0.25, -0.2) is 0 Å². The Morgan fingerprint density at radius 3 is 2.64 bits per heavy atom. The molecule has 0 aliphatic carbocycles. The van der Waals surface area contributed by atoms with Gasteiger partial charge in [0.2, 0.25) is 5.78 Å². The van der Waals surface area contributed by atoms with Crippen molar-refractivity contribution in [2.24, 2.45) is 0 Å². The van der Waals surface area contributed by atoms with Crippen LogP contribution in [0.15, 0.2) is 28.1 Å². The van der Waals surface area contributed by atoms with Crippen molar-refractivity contribution >= 4 is 56.0 Å². The second-order valence-corrected chi connectivity index (χ2v) is 6.10. The molecule has 0 saturated carbocycles. The van der Waals surface area contributed by atoms with Crippen LogP contribution in [0.4, 0.5) is 0 Å². The summed E-state index contributed by atoms with van der Waals surface area (Å²) in [6.45, 7) is 0. The van der Waals surface area contributed by atoms with Gasteiger partial charge >= 0.3 is 0 Å². The Hall–Kier alpha value is -0.160. The summed E-state index contributed by atoms with van der Waals surface area (Å²) in [7, 11) is 0. The van der Waals surface area contributed by atoms with Crippen LogP contribution in [0.5, 0.6) is 0 Å². The molecule has 0 saturated heterocycles. The summed E-state index contributed by atoms with van der Waals surface area (Å²) in [5, 5.41) is 1.89. The highest BCUT2D eigenvalue weighted by Crippen LogP contribution is 2.27. The molecule has 0 aliphatic rings. The molecule has 1 nitrogen and oxygen atoms in total. The van der Waals surface area contributed by atoms with E-state index in [0.29, 0.717) is 9.21 Å². The molecule has 0 fully saturated rings. The maximum atomic E-state index is 11.8. The molecule has 0 N–H and O–H groups in total. The van der Waals surface area contributed by atoms with E-state index in [-0.39, 0.29) is 5.78 Å². The smallest absolute Gasteiger partial charge is 0.212 e. The number of halogens is 2. The zero-order valence-electron chi connectivity index (χ0n) is 6.79. The van der Waals surface area contributed by atoms with Crippen molar-refractivity contribution in [1.82, 2.24) is 0 Å². The van der Waals surface area contributed by atoms with Crippen molar-refractivity contribution in [3.05, 3.63) is 42.1 Å². The Labute approximate surface area is 102 Å². The third-order valence-corrected chi connectivity index (χ3v) is 4.51. The maximum absolute atomic E-state index is 11.8. The Kier molecular flexibility index (Phi) is 3.07. The summed E-state index contributed by atoms with van der Waals surface area (Å²) in [4.78, 5) is 13.2. The van der Waals surface area contributed by atoms with Gasteiger partial charge in [0.15, 0.2) is 0 Å². The van der Waals surface area contributed by atoms with Gasteiger partial charge in [-0.3, -0.25) is 4.79 Å². The highest BCUT2D eigenvalue weighted by atomic mass is 79.9. The molecule has 0 unspecified atom stereocenters. The SMILES string of the molecule is O=C(c1cc(Br)cs1)c1ccc(Cl)s1. The second-order valence-electron chi connectivity index (χ2n) is 2.56. The molecule has 14 heavy (non-hydrogen) atoms. The molecule has 2 rings (SSSR count). The van der Waals surface area contributed by atoms with E-state index in [1.54, 1.807) is 12.1 Å². The first-order chi connectivity index (χ1) is 6.66. The summed E-state index contributed by atoms with van der Waals surface area (Å²) in [5.41, 5.74) is 0. The molecule has 2 heterocycles. The number of rotatable bonds is 2. The van der Waals surface area contributed by atoms with E-state index in [0.717, 1.165) is 9.35 Å². The zero-order valence-corrected chi connectivity index (χ0v) is 10.8. The maximum Gasteiger partial charge on any atom is 0.212 e. The van der Waals surface area contributed by atoms with Crippen LogP contribution in [-0.2, 0) is 0 Å². The summed E-state index contributed by atoms with van der Waals surface area (Å²) in [6, 6.07) is 5.31. The first-order valence-corrected chi connectivity index (χ1v) is 6.57. The van der Waals surface area contributed by atoms with Crippen molar-refractivity contribution in [1.29, 1.82) is 0 Å². The summed E-state index contributed by atoms with van der Waals surface area (Å²) < 4.78 is 1.58. The molecule has 2 aromatic rings. The molecule has 0 atom stereocenters. The number of ketones is 1. The molecular weight excluding hydrogens is 304 g/mol. The van der Waals surface area contributed by atoms with Crippen LogP contribution in [-0.4, -0.2) is 5.78 Å². The van der Waals surface area contributed by atoms with Gasteiger partial charge in [0.25, 0.3) is 0 Å². The van der Waals surface area contributed by atoms with Crippen LogP contribution in [0.25, 0.3) is 0 Å². The molecule has 5 heteroatoms. The Morgan fingerprint density at radius 2 is 2.14 bits per heavy atom. The number of hydrogen-bond acceptors (Lipinski definition) is 3. The number of thiophene rings is 2. The van der Waals surface area contributed by atoms with Crippen LogP contribution in [0.2, 0.25) is 4.34 Å². The Balaban J connectivity index is 2.33. The fraction of sp³-hybridized carbons (Fsp3) is 0. The van der Waals surface area contributed by atoms with Crippen LogP contribution < -0.4 is 0 Å². The van der Waals surface area contributed by atoms with Crippen LogP contribution in [0.3, 0.4) is 0 Å². The summed E-state index contributed by atoms with van der Waals surface area (Å²) in [6.07, 6.45) is 0. The average Bonchev–Trinajstić information content (AvgIpc) is 2.73. The third kappa shape index (κ3) is 2.08. The van der Waals surface area contributed by atoms with E-state index in [4.69, 9.17) is 11.6 Å². The van der Waals surface area contributed by atoms with Crippen molar-refractivity contribution in [2.75, 3.05) is 0 Å². The minimum atomic E-state index is 0.0394. The molecule has 0 bridgehead atoms. The standard InChI is InChI=1S/C9H4BrClOS2/c10-5-3-7(13-4-5)9(12)6-1-2-8(11)14-6/h1-4H. The van der Waals surface area contributed by atoms with E-state index >= 15 is 0 Å². The third-order valence-electron chi connectivity index (χ3n) is 1.59. The summed E-state index contributed by atoms with van der Waals surface area (Å²) >= 11 is 11.8. The number of hydrogen-bond donors (Lipinski definition) is 0. The predicted octanol–water partition coefficient (Wildman–Crippen LogP) is 4.46. The Bertz CT molecular complexity index is 432. The lowest BCUT2D eigenvalue weighted by molar-refractivity contribution is 0.104. The first-order valence-electron chi connectivity index (χ1n) is 3.71. The van der Waals surface area contributed by atoms with Crippen molar-refractivity contribution in [3.63, 3.8) is 0 Å². The van der Waals surface area contributed by atoms with Crippen LogP contribution in [0.1, 0.15) is 14.5 Å². The fourth-order valence-corrected chi connectivity index (χ4v) is 3.43. The molecule has 0 aromatic carbocycles. The first kappa shape index (κ1) is 10.4. The van der Waals surface area contributed by atoms with Gasteiger partial charge < -0.3 is 0 Å². The van der Waals surface area contributed by atoms with Crippen LogP contribution >= 0.6 is 50.2 Å². The van der Waals surface area contributed by atoms with Crippen molar-refractivity contribution in [3.8, 4) is 0 Å². The highest BCUT2D eigenvalue weighted by molar-refractivity contribution is 9.10. The number of carbonyl (C=O) groups is 1.